The molecule has 6 amide bonds. The van der Waals surface area contributed by atoms with Crippen molar-refractivity contribution < 1.29 is 33.9 Å². The number of rotatable bonds is 10. The number of nitriles is 1. The Labute approximate surface area is 349 Å². The molecule has 4 aliphatic rings. The Kier molecular flexibility index (Phi) is 11.2. The minimum absolute atomic E-state index is 0.0540. The summed E-state index contributed by atoms with van der Waals surface area (Å²) in [6.45, 7) is 7.12. The number of amides is 6. The van der Waals surface area contributed by atoms with E-state index in [-0.39, 0.29) is 52.8 Å². The number of pyridine rings is 1. The van der Waals surface area contributed by atoms with E-state index in [1.165, 1.54) is 18.5 Å². The van der Waals surface area contributed by atoms with Crippen molar-refractivity contribution in [3.8, 4) is 6.07 Å². The van der Waals surface area contributed by atoms with E-state index in [9.17, 15) is 39.1 Å². The Balaban J connectivity index is 0.825. The standard InChI is InChI=1S/C43H45N9O7S/c1-43(2,59)29-19-32-34(20-31(29)47-37(54)27-18-24(21-44)22-45-23-27)60-39(48-32)25-6-8-26(9-7-25)40(56)51-16-14-50(15-17-51)13-12-46-30-5-3-4-28-36(30)42(58)52(41(28)57)33-10-11-35(53)49-38(33)55/h3-5,18-20,22-23,25-26,33,46,59H,6-17H2,1-2H3,(H,47,54)(H,49,53,55)/t25-,26-,33?. The van der Waals surface area contributed by atoms with Gasteiger partial charge in [0.2, 0.25) is 17.7 Å². The molecule has 2 saturated heterocycles. The minimum atomic E-state index is -1.27. The molecule has 0 bridgehead atoms. The Hall–Kier alpha value is -6.09. The van der Waals surface area contributed by atoms with Crippen LogP contribution in [0.15, 0.2) is 48.8 Å². The molecule has 1 saturated carbocycles. The van der Waals surface area contributed by atoms with E-state index < -0.39 is 41.2 Å². The lowest BCUT2D eigenvalue weighted by Gasteiger charge is -2.37. The van der Waals surface area contributed by atoms with Crippen LogP contribution in [0, 0.1) is 17.2 Å². The van der Waals surface area contributed by atoms with Gasteiger partial charge in [0.1, 0.15) is 12.1 Å². The summed E-state index contributed by atoms with van der Waals surface area (Å²) in [5.74, 6) is -2.28. The van der Waals surface area contributed by atoms with E-state index >= 15 is 0 Å². The van der Waals surface area contributed by atoms with Crippen LogP contribution in [0.4, 0.5) is 11.4 Å². The van der Waals surface area contributed by atoms with Crippen LogP contribution in [0.1, 0.15) is 105 Å². The van der Waals surface area contributed by atoms with Crippen LogP contribution in [0.5, 0.6) is 0 Å². The number of nitrogens with zero attached hydrogens (tertiary/aromatic N) is 6. The Bertz CT molecular complexity index is 2460. The first-order chi connectivity index (χ1) is 28.8. The molecule has 1 aliphatic carbocycles. The van der Waals surface area contributed by atoms with Gasteiger partial charge in [-0.3, -0.25) is 48.9 Å². The van der Waals surface area contributed by atoms with Gasteiger partial charge in [0.25, 0.3) is 17.7 Å². The molecular formula is C43H45N9O7S. The SMILES string of the molecule is CC(C)(O)c1cc2nc([C@H]3CC[C@H](C(=O)N4CCN(CCNc5cccc6c5C(=O)N(C5CCC(=O)NC5=O)C6=O)CC4)CC3)sc2cc1NC(=O)c1cncc(C#N)c1. The van der Waals surface area contributed by atoms with Gasteiger partial charge in [0.15, 0.2) is 0 Å². The lowest BCUT2D eigenvalue weighted by atomic mass is 9.81. The molecule has 3 aliphatic heterocycles. The number of hydrogen-bond donors (Lipinski definition) is 4. The summed E-state index contributed by atoms with van der Waals surface area (Å²) in [6, 6.07) is 11.1. The molecule has 1 unspecified atom stereocenters. The third kappa shape index (κ3) is 8.10. The van der Waals surface area contributed by atoms with Gasteiger partial charge < -0.3 is 20.6 Å². The zero-order valence-electron chi connectivity index (χ0n) is 33.3. The number of fused-ring (bicyclic) bond motifs is 2. The highest BCUT2D eigenvalue weighted by molar-refractivity contribution is 7.18. The number of carbonyl (C=O) groups excluding carboxylic acids is 6. The van der Waals surface area contributed by atoms with Crippen LogP contribution < -0.4 is 16.0 Å². The number of imide groups is 2. The number of aliphatic hydroxyl groups is 1. The number of nitrogens with one attached hydrogen (secondary N) is 3. The number of thiazole rings is 1. The Morgan fingerprint density at radius 3 is 2.47 bits per heavy atom. The van der Waals surface area contributed by atoms with E-state index in [4.69, 9.17) is 4.98 Å². The number of anilines is 2. The Morgan fingerprint density at radius 1 is 0.983 bits per heavy atom. The number of benzene rings is 2. The topological polar surface area (TPSA) is 218 Å². The molecule has 4 aromatic rings. The fourth-order valence-electron chi connectivity index (χ4n) is 8.64. The molecule has 17 heteroatoms. The second-order valence-electron chi connectivity index (χ2n) is 16.3. The highest BCUT2D eigenvalue weighted by Crippen LogP contribution is 2.42. The first-order valence-corrected chi connectivity index (χ1v) is 21.0. The van der Waals surface area contributed by atoms with E-state index in [1.54, 1.807) is 43.4 Å². The second kappa shape index (κ2) is 16.5. The maximum atomic E-state index is 13.7. The first-order valence-electron chi connectivity index (χ1n) is 20.2. The number of hydrogen-bond acceptors (Lipinski definition) is 13. The van der Waals surface area contributed by atoms with Crippen LogP contribution in [0.2, 0.25) is 0 Å². The molecule has 0 spiro atoms. The average molecular weight is 832 g/mol. The van der Waals surface area contributed by atoms with Crippen LogP contribution in [0.25, 0.3) is 10.2 Å². The van der Waals surface area contributed by atoms with Crippen molar-refractivity contribution in [2.45, 2.75) is 69.9 Å². The summed E-state index contributed by atoms with van der Waals surface area (Å²) in [5, 5.41) is 29.7. The van der Waals surface area contributed by atoms with Crippen LogP contribution in [-0.4, -0.2) is 111 Å². The molecule has 0 radical (unpaired) electrons. The highest BCUT2D eigenvalue weighted by Gasteiger charge is 2.45. The van der Waals surface area contributed by atoms with Crippen molar-refractivity contribution in [1.29, 1.82) is 5.26 Å². The molecule has 60 heavy (non-hydrogen) atoms. The highest BCUT2D eigenvalue weighted by atomic mass is 32.1. The predicted molar refractivity (Wildman–Crippen MR) is 221 cm³/mol. The normalized spacial score (nSPS) is 21.1. The third-order valence-corrected chi connectivity index (χ3v) is 13.1. The molecule has 3 fully saturated rings. The largest absolute Gasteiger partial charge is 0.386 e. The molecule has 1 atom stereocenters. The van der Waals surface area contributed by atoms with Crippen molar-refractivity contribution in [2.75, 3.05) is 49.9 Å². The van der Waals surface area contributed by atoms with Crippen molar-refractivity contribution >= 4 is 68.4 Å². The fourth-order valence-corrected chi connectivity index (χ4v) is 9.80. The predicted octanol–water partition coefficient (Wildman–Crippen LogP) is 3.97. The van der Waals surface area contributed by atoms with Gasteiger partial charge in [-0.05, 0) is 76.3 Å². The molecule has 310 valence electrons. The number of piperazine rings is 1. The quantitative estimate of drug-likeness (QED) is 0.167. The van der Waals surface area contributed by atoms with Gasteiger partial charge in [-0.25, -0.2) is 4.98 Å². The molecule has 4 N–H and O–H groups in total. The Morgan fingerprint density at radius 2 is 1.75 bits per heavy atom. The lowest BCUT2D eigenvalue weighted by molar-refractivity contribution is -0.138. The fraction of sp³-hybridized carbons (Fsp3) is 0.419. The summed E-state index contributed by atoms with van der Waals surface area (Å²) in [6.07, 6.45) is 6.11. The summed E-state index contributed by atoms with van der Waals surface area (Å²) < 4.78 is 0.871. The average Bonchev–Trinajstić information content (AvgIpc) is 3.77. The lowest BCUT2D eigenvalue weighted by Crippen LogP contribution is -2.54. The smallest absolute Gasteiger partial charge is 0.264 e. The van der Waals surface area contributed by atoms with Crippen LogP contribution in [0.3, 0.4) is 0 Å². The van der Waals surface area contributed by atoms with Crippen molar-refractivity contribution in [3.05, 3.63) is 81.6 Å². The maximum absolute atomic E-state index is 13.7. The van der Waals surface area contributed by atoms with Crippen LogP contribution >= 0.6 is 11.3 Å². The van der Waals surface area contributed by atoms with Gasteiger partial charge >= 0.3 is 0 Å². The summed E-state index contributed by atoms with van der Waals surface area (Å²) >= 11 is 1.56. The van der Waals surface area contributed by atoms with Gasteiger partial charge in [-0.1, -0.05) is 6.07 Å². The molecule has 5 heterocycles. The van der Waals surface area contributed by atoms with Gasteiger partial charge in [-0.15, -0.1) is 11.3 Å². The maximum Gasteiger partial charge on any atom is 0.264 e. The number of aromatic nitrogens is 2. The minimum Gasteiger partial charge on any atom is -0.386 e. The monoisotopic (exact) mass is 831 g/mol. The first kappa shape index (κ1) is 40.7. The summed E-state index contributed by atoms with van der Waals surface area (Å²) in [5.41, 5.74) is 1.91. The zero-order chi connectivity index (χ0) is 42.3. The second-order valence-corrected chi connectivity index (χ2v) is 17.4. The number of piperidine rings is 1. The third-order valence-electron chi connectivity index (χ3n) is 11.9. The van der Waals surface area contributed by atoms with E-state index in [0.29, 0.717) is 56.2 Å². The number of carbonyl (C=O) groups is 6. The molecule has 8 rings (SSSR count). The van der Waals surface area contributed by atoms with Crippen molar-refractivity contribution in [1.82, 2.24) is 30.0 Å². The molecule has 16 nitrogen and oxygen atoms in total. The molecular weight excluding hydrogens is 787 g/mol. The zero-order valence-corrected chi connectivity index (χ0v) is 34.1. The van der Waals surface area contributed by atoms with E-state index in [0.717, 1.165) is 45.8 Å². The van der Waals surface area contributed by atoms with Gasteiger partial charge in [0.05, 0.1) is 43.1 Å². The van der Waals surface area contributed by atoms with E-state index in [1.807, 2.05) is 23.1 Å². The van der Waals surface area contributed by atoms with Crippen molar-refractivity contribution in [2.24, 2.45) is 5.92 Å². The van der Waals surface area contributed by atoms with E-state index in [2.05, 4.69) is 25.8 Å². The summed E-state index contributed by atoms with van der Waals surface area (Å²) in [7, 11) is 0. The molecule has 2 aromatic heterocycles. The van der Waals surface area contributed by atoms with Crippen LogP contribution in [-0.2, 0) is 20.0 Å². The molecule has 2 aromatic carbocycles. The van der Waals surface area contributed by atoms with Gasteiger partial charge in [0, 0.05) is 86.9 Å². The van der Waals surface area contributed by atoms with Crippen molar-refractivity contribution in [3.63, 3.8) is 0 Å². The van der Waals surface area contributed by atoms with Gasteiger partial charge in [-0.2, -0.15) is 5.26 Å². The summed E-state index contributed by atoms with van der Waals surface area (Å²) in [4.78, 5) is 91.7.